The summed E-state index contributed by atoms with van der Waals surface area (Å²) in [5, 5.41) is 10.4. The summed E-state index contributed by atoms with van der Waals surface area (Å²) in [6, 6.07) is 6.25. The number of piperazine rings is 1. The third kappa shape index (κ3) is 4.45. The standard InChI is InChI=1S/C20H22F2N8O/c1-11-7-12(2)30(28-11)20-26-17(25-15-4-3-13(21)8-14(15)22)9-18(27-20)29-6-5-24-16(10-29)19(23)31/h3-4,7-9,16,24H,5-6,10H2,1-2H3,(H2,23,31)(H,25,26,27)/t16-/m1/s1. The van der Waals surface area contributed by atoms with Gasteiger partial charge in [-0.05, 0) is 32.0 Å². The third-order valence-electron chi connectivity index (χ3n) is 4.94. The summed E-state index contributed by atoms with van der Waals surface area (Å²) in [6.45, 7) is 5.18. The zero-order valence-corrected chi connectivity index (χ0v) is 17.1. The van der Waals surface area contributed by atoms with Gasteiger partial charge in [-0.15, -0.1) is 0 Å². The number of hydrogen-bond donors (Lipinski definition) is 3. The van der Waals surface area contributed by atoms with Gasteiger partial charge in [0.05, 0.1) is 11.4 Å². The third-order valence-corrected chi connectivity index (χ3v) is 4.94. The molecule has 0 radical (unpaired) electrons. The summed E-state index contributed by atoms with van der Waals surface area (Å²) < 4.78 is 29.0. The highest BCUT2D eigenvalue weighted by Gasteiger charge is 2.25. The van der Waals surface area contributed by atoms with Crippen molar-refractivity contribution in [1.82, 2.24) is 25.1 Å². The van der Waals surface area contributed by atoms with E-state index in [0.29, 0.717) is 31.3 Å². The van der Waals surface area contributed by atoms with Crippen LogP contribution < -0.4 is 21.3 Å². The molecule has 1 aliphatic heterocycles. The molecule has 1 atom stereocenters. The lowest BCUT2D eigenvalue weighted by molar-refractivity contribution is -0.120. The van der Waals surface area contributed by atoms with Crippen LogP contribution in [-0.2, 0) is 4.79 Å². The molecular formula is C20H22F2N8O. The minimum absolute atomic E-state index is 0.0701. The lowest BCUT2D eigenvalue weighted by Crippen LogP contribution is -2.56. The van der Waals surface area contributed by atoms with Crippen molar-refractivity contribution in [3.63, 3.8) is 0 Å². The summed E-state index contributed by atoms with van der Waals surface area (Å²) in [6.07, 6.45) is 0. The van der Waals surface area contributed by atoms with E-state index in [1.807, 2.05) is 24.8 Å². The minimum atomic E-state index is -0.746. The van der Waals surface area contributed by atoms with Crippen molar-refractivity contribution in [2.45, 2.75) is 19.9 Å². The number of carbonyl (C=O) groups is 1. The predicted octanol–water partition coefficient (Wildman–Crippen LogP) is 1.56. The van der Waals surface area contributed by atoms with E-state index in [9.17, 15) is 13.6 Å². The Morgan fingerprint density at radius 1 is 1.23 bits per heavy atom. The van der Waals surface area contributed by atoms with Crippen molar-refractivity contribution in [2.24, 2.45) is 5.73 Å². The second-order valence-corrected chi connectivity index (χ2v) is 7.35. The maximum atomic E-state index is 14.2. The smallest absolute Gasteiger partial charge is 0.254 e. The molecule has 1 amide bonds. The van der Waals surface area contributed by atoms with E-state index in [1.54, 1.807) is 10.7 Å². The number of nitrogens with two attached hydrogens (primary N) is 1. The molecule has 2 aromatic heterocycles. The van der Waals surface area contributed by atoms with Crippen molar-refractivity contribution < 1.29 is 13.6 Å². The van der Waals surface area contributed by atoms with Gasteiger partial charge in [0.25, 0.3) is 5.95 Å². The Bertz CT molecular complexity index is 1130. The van der Waals surface area contributed by atoms with Gasteiger partial charge in [0.15, 0.2) is 0 Å². The number of halogens is 2. The molecule has 11 heteroatoms. The Morgan fingerprint density at radius 3 is 2.71 bits per heavy atom. The van der Waals surface area contributed by atoms with Crippen LogP contribution in [0, 0.1) is 25.5 Å². The van der Waals surface area contributed by atoms with Crippen LogP contribution in [0.1, 0.15) is 11.4 Å². The molecule has 1 aliphatic rings. The Kier molecular flexibility index (Phi) is 5.51. The van der Waals surface area contributed by atoms with Gasteiger partial charge in [0.2, 0.25) is 5.91 Å². The van der Waals surface area contributed by atoms with Crippen molar-refractivity contribution in [2.75, 3.05) is 29.9 Å². The topological polar surface area (TPSA) is 114 Å². The highest BCUT2D eigenvalue weighted by molar-refractivity contribution is 5.81. The van der Waals surface area contributed by atoms with Crippen LogP contribution in [0.25, 0.3) is 5.95 Å². The number of rotatable bonds is 5. The van der Waals surface area contributed by atoms with E-state index in [2.05, 4.69) is 25.7 Å². The van der Waals surface area contributed by atoms with E-state index in [4.69, 9.17) is 5.73 Å². The second kappa shape index (κ2) is 8.26. The molecule has 1 aromatic carbocycles. The van der Waals surface area contributed by atoms with Gasteiger partial charge >= 0.3 is 0 Å². The molecule has 0 saturated carbocycles. The number of anilines is 3. The Labute approximate surface area is 177 Å². The van der Waals surface area contributed by atoms with Crippen LogP contribution in [0.5, 0.6) is 0 Å². The summed E-state index contributed by atoms with van der Waals surface area (Å²) in [5.41, 5.74) is 7.14. The molecule has 0 aliphatic carbocycles. The number of carbonyl (C=O) groups excluding carboxylic acids is 1. The molecule has 0 unspecified atom stereocenters. The summed E-state index contributed by atoms with van der Waals surface area (Å²) in [7, 11) is 0. The molecule has 0 spiro atoms. The maximum absolute atomic E-state index is 14.2. The number of aryl methyl sites for hydroxylation is 2. The van der Waals surface area contributed by atoms with Gasteiger partial charge < -0.3 is 21.3 Å². The highest BCUT2D eigenvalue weighted by atomic mass is 19.1. The van der Waals surface area contributed by atoms with E-state index >= 15 is 0 Å². The fourth-order valence-electron chi connectivity index (χ4n) is 3.45. The maximum Gasteiger partial charge on any atom is 0.254 e. The minimum Gasteiger partial charge on any atom is -0.368 e. The first-order valence-corrected chi connectivity index (χ1v) is 9.72. The van der Waals surface area contributed by atoms with E-state index in [1.165, 1.54) is 6.07 Å². The van der Waals surface area contributed by atoms with Gasteiger partial charge in [-0.1, -0.05) is 0 Å². The van der Waals surface area contributed by atoms with Crippen molar-refractivity contribution >= 4 is 23.2 Å². The van der Waals surface area contributed by atoms with Gasteiger partial charge in [-0.3, -0.25) is 4.79 Å². The molecule has 4 rings (SSSR count). The first kappa shape index (κ1) is 20.7. The first-order valence-electron chi connectivity index (χ1n) is 9.72. The summed E-state index contributed by atoms with van der Waals surface area (Å²) in [5.74, 6) is -0.772. The van der Waals surface area contributed by atoms with Crippen molar-refractivity contribution in [3.05, 3.63) is 53.4 Å². The van der Waals surface area contributed by atoms with Gasteiger partial charge in [0.1, 0.15) is 29.3 Å². The van der Waals surface area contributed by atoms with E-state index < -0.39 is 23.6 Å². The monoisotopic (exact) mass is 428 g/mol. The van der Waals surface area contributed by atoms with Crippen LogP contribution in [0.4, 0.5) is 26.1 Å². The van der Waals surface area contributed by atoms with Gasteiger partial charge in [-0.2, -0.15) is 15.1 Å². The molecule has 4 N–H and O–H groups in total. The number of amides is 1. The zero-order valence-electron chi connectivity index (χ0n) is 17.1. The van der Waals surface area contributed by atoms with Gasteiger partial charge in [-0.25, -0.2) is 13.5 Å². The van der Waals surface area contributed by atoms with Crippen LogP contribution in [0.3, 0.4) is 0 Å². The zero-order chi connectivity index (χ0) is 22.1. The number of hydrogen-bond acceptors (Lipinski definition) is 7. The van der Waals surface area contributed by atoms with Crippen LogP contribution >= 0.6 is 0 Å². The van der Waals surface area contributed by atoms with E-state index in [-0.39, 0.29) is 11.6 Å². The number of primary amides is 1. The SMILES string of the molecule is Cc1cc(C)n(-c2nc(Nc3ccc(F)cc3F)cc(N3CCN[C@@H](C(N)=O)C3)n2)n1. The molecule has 9 nitrogen and oxygen atoms in total. The van der Waals surface area contributed by atoms with Crippen molar-refractivity contribution in [3.8, 4) is 5.95 Å². The molecular weight excluding hydrogens is 406 g/mol. The first-order chi connectivity index (χ1) is 14.8. The predicted molar refractivity (Wildman–Crippen MR) is 111 cm³/mol. The van der Waals surface area contributed by atoms with E-state index in [0.717, 1.165) is 23.5 Å². The molecule has 1 saturated heterocycles. The van der Waals surface area contributed by atoms with Gasteiger partial charge in [0, 0.05) is 37.5 Å². The second-order valence-electron chi connectivity index (χ2n) is 7.35. The molecule has 3 heterocycles. The van der Waals surface area contributed by atoms with Crippen molar-refractivity contribution in [1.29, 1.82) is 0 Å². The lowest BCUT2D eigenvalue weighted by atomic mass is 10.2. The summed E-state index contributed by atoms with van der Waals surface area (Å²) in [4.78, 5) is 22.6. The van der Waals surface area contributed by atoms with Crippen LogP contribution in [0.15, 0.2) is 30.3 Å². The Morgan fingerprint density at radius 2 is 2.03 bits per heavy atom. The number of nitrogens with one attached hydrogen (secondary N) is 2. The van der Waals surface area contributed by atoms with Crippen LogP contribution in [-0.4, -0.2) is 51.3 Å². The lowest BCUT2D eigenvalue weighted by Gasteiger charge is -2.33. The fraction of sp³-hybridized carbons (Fsp3) is 0.300. The molecule has 3 aromatic rings. The number of benzene rings is 1. The normalized spacial score (nSPS) is 16.4. The average Bonchev–Trinajstić information content (AvgIpc) is 3.08. The fourth-order valence-corrected chi connectivity index (χ4v) is 3.45. The molecule has 31 heavy (non-hydrogen) atoms. The largest absolute Gasteiger partial charge is 0.368 e. The van der Waals surface area contributed by atoms with Crippen LogP contribution in [0.2, 0.25) is 0 Å². The number of aromatic nitrogens is 4. The average molecular weight is 428 g/mol. The molecule has 1 fully saturated rings. The Balaban J connectivity index is 1.75. The summed E-state index contributed by atoms with van der Waals surface area (Å²) >= 11 is 0. The number of nitrogens with zero attached hydrogens (tertiary/aromatic N) is 5. The molecule has 0 bridgehead atoms. The Hall–Kier alpha value is -3.60. The quantitative estimate of drug-likeness (QED) is 0.565. The molecule has 162 valence electrons. The highest BCUT2D eigenvalue weighted by Crippen LogP contribution is 2.24.